The number of benzene rings is 2. The minimum absolute atomic E-state index is 0.0416. The first-order valence-corrected chi connectivity index (χ1v) is 10.6. The van der Waals surface area contributed by atoms with Crippen LogP contribution in [0.1, 0.15) is 26.2 Å². The predicted octanol–water partition coefficient (Wildman–Crippen LogP) is 5.48. The van der Waals surface area contributed by atoms with Gasteiger partial charge in [-0.1, -0.05) is 18.2 Å². The molecule has 12 heteroatoms. The van der Waals surface area contributed by atoms with Gasteiger partial charge in [0.15, 0.2) is 17.4 Å². The normalized spacial score (nSPS) is 16.9. The molecule has 0 radical (unpaired) electrons. The van der Waals surface area contributed by atoms with Crippen LogP contribution in [0.25, 0.3) is 0 Å². The summed E-state index contributed by atoms with van der Waals surface area (Å²) in [7, 11) is -5.31. The molecular formula is C19H17F5NO5P. The Hall–Kier alpha value is -2.65. The van der Waals surface area contributed by atoms with Gasteiger partial charge in [0.25, 0.3) is 0 Å². The summed E-state index contributed by atoms with van der Waals surface area (Å²) in [4.78, 5) is 11.5. The van der Waals surface area contributed by atoms with Crippen LogP contribution in [0.3, 0.4) is 0 Å². The smallest absolute Gasteiger partial charge is 0.461 e. The molecule has 3 rings (SSSR count). The van der Waals surface area contributed by atoms with E-state index in [1.165, 1.54) is 24.3 Å². The van der Waals surface area contributed by atoms with Crippen molar-refractivity contribution in [3.05, 3.63) is 59.7 Å². The Bertz CT molecular complexity index is 1000. The molecule has 0 N–H and O–H groups in total. The second-order valence-corrected chi connectivity index (χ2v) is 8.40. The van der Waals surface area contributed by atoms with E-state index in [9.17, 15) is 26.9 Å². The average molecular weight is 465 g/mol. The maximum atomic E-state index is 15.1. The molecule has 2 aromatic rings. The van der Waals surface area contributed by atoms with Crippen molar-refractivity contribution < 1.29 is 45.2 Å². The van der Waals surface area contributed by atoms with Crippen molar-refractivity contribution in [1.29, 1.82) is 0 Å². The summed E-state index contributed by atoms with van der Waals surface area (Å²) >= 11 is 0. The minimum Gasteiger partial charge on any atom is -0.461 e. The molecule has 0 heterocycles. The van der Waals surface area contributed by atoms with E-state index in [0.29, 0.717) is 12.8 Å². The van der Waals surface area contributed by atoms with E-state index in [0.717, 1.165) is 13.3 Å². The summed E-state index contributed by atoms with van der Waals surface area (Å²) in [6.07, 6.45) is 1.57. The van der Waals surface area contributed by atoms with Crippen molar-refractivity contribution in [2.75, 3.05) is 0 Å². The first-order valence-electron chi connectivity index (χ1n) is 9.15. The van der Waals surface area contributed by atoms with Gasteiger partial charge in [-0.2, -0.15) is 4.39 Å². The second kappa shape index (κ2) is 9.23. The van der Waals surface area contributed by atoms with Crippen molar-refractivity contribution in [2.45, 2.75) is 38.3 Å². The molecular weight excluding hydrogens is 448 g/mol. The van der Waals surface area contributed by atoms with Gasteiger partial charge in [-0.05, 0) is 43.2 Å². The zero-order valence-corrected chi connectivity index (χ0v) is 17.0. The Morgan fingerprint density at radius 1 is 1.06 bits per heavy atom. The molecule has 6 nitrogen and oxygen atoms in total. The fourth-order valence-corrected chi connectivity index (χ4v) is 3.98. The summed E-state index contributed by atoms with van der Waals surface area (Å²) in [6.45, 7) is 0.980. The zero-order valence-electron chi connectivity index (χ0n) is 16.1. The van der Waals surface area contributed by atoms with Crippen LogP contribution in [0.5, 0.6) is 11.5 Å². The van der Waals surface area contributed by atoms with Crippen LogP contribution >= 0.6 is 7.75 Å². The number of halogens is 5. The van der Waals surface area contributed by atoms with Crippen LogP contribution < -0.4 is 9.05 Å². The SMILES string of the molecule is CC(C(=O)OC1CCC1)N(F)[P@](=O)(Oc1ccccc1)Oc1cc(F)c(F)c(F)c1F. The lowest BCUT2D eigenvalue weighted by Crippen LogP contribution is -2.38. The second-order valence-electron chi connectivity index (χ2n) is 6.72. The van der Waals surface area contributed by atoms with E-state index < -0.39 is 59.8 Å². The summed E-state index contributed by atoms with van der Waals surface area (Å²) < 4.78 is 97.4. The maximum absolute atomic E-state index is 15.1. The number of ether oxygens (including phenoxy) is 1. The predicted molar refractivity (Wildman–Crippen MR) is 97.7 cm³/mol. The van der Waals surface area contributed by atoms with Gasteiger partial charge in [0.05, 0.1) is 0 Å². The molecule has 0 aromatic heterocycles. The lowest BCUT2D eigenvalue weighted by atomic mass is 9.96. The van der Waals surface area contributed by atoms with E-state index >= 15 is 4.48 Å². The number of hydrogen-bond donors (Lipinski definition) is 0. The Morgan fingerprint density at radius 2 is 1.71 bits per heavy atom. The number of esters is 1. The summed E-state index contributed by atoms with van der Waals surface area (Å²) in [5, 5.41) is 0. The largest absolute Gasteiger partial charge is 0.544 e. The van der Waals surface area contributed by atoms with Gasteiger partial charge in [0.1, 0.15) is 17.9 Å². The van der Waals surface area contributed by atoms with E-state index in [-0.39, 0.29) is 11.8 Å². The van der Waals surface area contributed by atoms with Gasteiger partial charge < -0.3 is 13.8 Å². The van der Waals surface area contributed by atoms with Gasteiger partial charge >= 0.3 is 13.7 Å². The molecule has 1 fully saturated rings. The van der Waals surface area contributed by atoms with Crippen LogP contribution in [0.2, 0.25) is 0 Å². The van der Waals surface area contributed by atoms with E-state index in [1.54, 1.807) is 6.07 Å². The molecule has 0 spiro atoms. The lowest BCUT2D eigenvalue weighted by Gasteiger charge is -2.30. The van der Waals surface area contributed by atoms with Gasteiger partial charge in [0.2, 0.25) is 11.6 Å². The molecule has 1 aliphatic carbocycles. The van der Waals surface area contributed by atoms with Crippen LogP contribution in [0.15, 0.2) is 36.4 Å². The fourth-order valence-electron chi connectivity index (χ4n) is 2.50. The Morgan fingerprint density at radius 3 is 2.29 bits per heavy atom. The van der Waals surface area contributed by atoms with Crippen LogP contribution in [-0.4, -0.2) is 23.0 Å². The zero-order chi connectivity index (χ0) is 22.8. The highest BCUT2D eigenvalue weighted by molar-refractivity contribution is 7.52. The third-order valence-electron chi connectivity index (χ3n) is 4.48. The number of nitrogens with zero attached hydrogens (tertiary/aromatic N) is 1. The monoisotopic (exact) mass is 465 g/mol. The van der Waals surface area contributed by atoms with Crippen molar-refractivity contribution in [3.8, 4) is 11.5 Å². The van der Waals surface area contributed by atoms with Gasteiger partial charge in [-0.25, -0.2) is 17.7 Å². The van der Waals surface area contributed by atoms with Gasteiger partial charge in [-0.3, -0.25) is 4.79 Å². The molecule has 2 atom stereocenters. The van der Waals surface area contributed by atoms with Crippen molar-refractivity contribution in [3.63, 3.8) is 0 Å². The molecule has 31 heavy (non-hydrogen) atoms. The molecule has 0 saturated heterocycles. The van der Waals surface area contributed by atoms with Crippen molar-refractivity contribution >= 4 is 13.7 Å². The maximum Gasteiger partial charge on any atom is 0.544 e. The molecule has 1 aliphatic rings. The minimum atomic E-state index is -5.31. The first-order chi connectivity index (χ1) is 14.6. The highest BCUT2D eigenvalue weighted by atomic mass is 31.2. The molecule has 0 bridgehead atoms. The number of carbonyl (C=O) groups is 1. The first kappa shape index (κ1) is 23.0. The molecule has 168 valence electrons. The van der Waals surface area contributed by atoms with E-state index in [4.69, 9.17) is 9.26 Å². The third-order valence-corrected chi connectivity index (χ3v) is 6.16. The summed E-state index contributed by atoms with van der Waals surface area (Å²) in [5.74, 6) is -11.1. The topological polar surface area (TPSA) is 65.1 Å². The molecule has 1 saturated carbocycles. The summed E-state index contributed by atoms with van der Waals surface area (Å²) in [5.41, 5.74) is 0. The molecule has 1 unspecified atom stereocenters. The lowest BCUT2D eigenvalue weighted by molar-refractivity contribution is -0.161. The molecule has 0 amide bonds. The molecule has 2 aromatic carbocycles. The van der Waals surface area contributed by atoms with Gasteiger partial charge in [-0.15, -0.1) is 4.48 Å². The van der Waals surface area contributed by atoms with Crippen LogP contribution in [0.4, 0.5) is 22.0 Å². The number of hydrogen-bond acceptors (Lipinski definition) is 5. The fraction of sp³-hybridized carbons (Fsp3) is 0.316. The van der Waals surface area contributed by atoms with Gasteiger partial charge in [0, 0.05) is 6.07 Å². The van der Waals surface area contributed by atoms with Crippen LogP contribution in [0, 0.1) is 23.3 Å². The quantitative estimate of drug-likeness (QED) is 0.129. The highest BCUT2D eigenvalue weighted by Crippen LogP contribution is 2.54. The van der Waals surface area contributed by atoms with E-state index in [2.05, 4.69) is 4.52 Å². The number of carbonyl (C=O) groups excluding carboxylic acids is 1. The van der Waals surface area contributed by atoms with E-state index in [1.807, 2.05) is 0 Å². The number of para-hydroxylation sites is 1. The summed E-state index contributed by atoms with van der Waals surface area (Å²) in [6, 6.07) is 5.07. The Balaban J connectivity index is 1.93. The third kappa shape index (κ3) is 4.99. The average Bonchev–Trinajstić information content (AvgIpc) is 2.72. The Kier molecular flexibility index (Phi) is 6.86. The standard InChI is InChI=1S/C19H17F5NO5P/c1-11(19(26)28-12-8-5-9-12)25(24)31(27,29-13-6-3-2-4-7-13)30-15-10-14(20)16(21)18(23)17(15)22/h2-4,6-7,10-12H,5,8-9H2,1H3/t11?,31-/m0/s1. The highest BCUT2D eigenvalue weighted by Gasteiger charge is 2.46. The Labute approximate surface area is 174 Å². The number of rotatable bonds is 8. The van der Waals surface area contributed by atoms with Crippen molar-refractivity contribution in [1.82, 2.24) is 4.89 Å². The van der Waals surface area contributed by atoms with Crippen LogP contribution in [-0.2, 0) is 14.1 Å². The van der Waals surface area contributed by atoms with Crippen molar-refractivity contribution in [2.24, 2.45) is 0 Å². The molecule has 0 aliphatic heterocycles.